The summed E-state index contributed by atoms with van der Waals surface area (Å²) >= 11 is 0. The Morgan fingerprint density at radius 3 is 2.64 bits per heavy atom. The topological polar surface area (TPSA) is 71.4 Å². The predicted octanol–water partition coefficient (Wildman–Crippen LogP) is 3.63. The molecule has 2 N–H and O–H groups in total. The molecule has 0 aliphatic heterocycles. The Morgan fingerprint density at radius 2 is 1.91 bits per heavy atom. The third kappa shape index (κ3) is 1.54. The van der Waals surface area contributed by atoms with Crippen molar-refractivity contribution < 1.29 is 19.0 Å². The minimum absolute atomic E-state index is 0.101. The fraction of sp³-hybridized carbons (Fsp3) is 0.0625. The smallest absolute Gasteiger partial charge is 0.231 e. The van der Waals surface area contributed by atoms with E-state index in [9.17, 15) is 14.6 Å². The van der Waals surface area contributed by atoms with Gasteiger partial charge in [0.05, 0.1) is 16.8 Å². The van der Waals surface area contributed by atoms with Crippen molar-refractivity contribution in [2.75, 3.05) is 0 Å². The SMILES string of the molecule is Cc1nn(-c2ccccc2)c2oc3c(F)c(O)c(O)cc3c12. The first-order valence-electron chi connectivity index (χ1n) is 6.65. The van der Waals surface area contributed by atoms with Gasteiger partial charge in [-0.05, 0) is 25.1 Å². The molecule has 0 spiro atoms. The van der Waals surface area contributed by atoms with Crippen LogP contribution in [0.5, 0.6) is 11.5 Å². The van der Waals surface area contributed by atoms with Crippen molar-refractivity contribution in [1.82, 2.24) is 9.78 Å². The fourth-order valence-corrected chi connectivity index (χ4v) is 2.65. The molecule has 6 heteroatoms. The molecule has 2 aromatic heterocycles. The highest BCUT2D eigenvalue weighted by atomic mass is 19.1. The van der Waals surface area contributed by atoms with Crippen LogP contribution in [0.4, 0.5) is 4.39 Å². The standard InChI is InChI=1S/C16H11FN2O3/c1-8-12-10-7-11(20)14(21)13(17)15(10)22-16(12)19(18-8)9-5-3-2-4-6-9/h2-7,20-21H,1H3. The van der Waals surface area contributed by atoms with E-state index in [0.29, 0.717) is 22.2 Å². The number of halogens is 1. The van der Waals surface area contributed by atoms with Gasteiger partial charge in [-0.2, -0.15) is 14.2 Å². The molecule has 0 radical (unpaired) electrons. The lowest BCUT2D eigenvalue weighted by Crippen LogP contribution is -1.95. The zero-order valence-electron chi connectivity index (χ0n) is 11.5. The van der Waals surface area contributed by atoms with E-state index < -0.39 is 17.3 Å². The first kappa shape index (κ1) is 12.7. The normalized spacial score (nSPS) is 11.5. The van der Waals surface area contributed by atoms with Crippen LogP contribution in [0.25, 0.3) is 27.8 Å². The van der Waals surface area contributed by atoms with Crippen molar-refractivity contribution in [3.05, 3.63) is 47.9 Å². The molecule has 0 fully saturated rings. The molecule has 0 bridgehead atoms. The Morgan fingerprint density at radius 1 is 1.18 bits per heavy atom. The van der Waals surface area contributed by atoms with E-state index in [1.54, 1.807) is 11.6 Å². The molecule has 5 nitrogen and oxygen atoms in total. The maximum Gasteiger partial charge on any atom is 0.231 e. The lowest BCUT2D eigenvalue weighted by molar-refractivity contribution is 0.378. The van der Waals surface area contributed by atoms with Gasteiger partial charge < -0.3 is 14.6 Å². The van der Waals surface area contributed by atoms with Crippen LogP contribution in [0.15, 0.2) is 40.8 Å². The van der Waals surface area contributed by atoms with E-state index in [1.807, 2.05) is 30.3 Å². The summed E-state index contributed by atoms with van der Waals surface area (Å²) in [6, 6.07) is 10.6. The van der Waals surface area contributed by atoms with Gasteiger partial charge in [0.1, 0.15) is 0 Å². The largest absolute Gasteiger partial charge is 0.504 e. The number of nitrogens with zero attached hydrogens (tertiary/aromatic N) is 2. The van der Waals surface area contributed by atoms with E-state index in [2.05, 4.69) is 5.10 Å². The van der Waals surface area contributed by atoms with Gasteiger partial charge in [0.25, 0.3) is 0 Å². The number of fused-ring (bicyclic) bond motifs is 3. The van der Waals surface area contributed by atoms with Gasteiger partial charge in [0.2, 0.25) is 11.5 Å². The number of furan rings is 1. The van der Waals surface area contributed by atoms with Crippen molar-refractivity contribution in [1.29, 1.82) is 0 Å². The number of aromatic hydroxyl groups is 2. The van der Waals surface area contributed by atoms with Crippen LogP contribution in [0, 0.1) is 12.7 Å². The van der Waals surface area contributed by atoms with Crippen LogP contribution in [0.1, 0.15) is 5.69 Å². The minimum Gasteiger partial charge on any atom is -0.504 e. The number of rotatable bonds is 1. The first-order chi connectivity index (χ1) is 10.6. The number of hydrogen-bond acceptors (Lipinski definition) is 4. The van der Waals surface area contributed by atoms with E-state index in [1.165, 1.54) is 6.07 Å². The summed E-state index contributed by atoms with van der Waals surface area (Å²) in [4.78, 5) is 0. The third-order valence-corrected chi connectivity index (χ3v) is 3.66. The van der Waals surface area contributed by atoms with E-state index in [4.69, 9.17) is 4.42 Å². The zero-order chi connectivity index (χ0) is 15.4. The van der Waals surface area contributed by atoms with Crippen LogP contribution in [-0.4, -0.2) is 20.0 Å². The number of aryl methyl sites for hydroxylation is 1. The first-order valence-corrected chi connectivity index (χ1v) is 6.65. The van der Waals surface area contributed by atoms with Gasteiger partial charge >= 0.3 is 0 Å². The van der Waals surface area contributed by atoms with Crippen LogP contribution >= 0.6 is 0 Å². The molecule has 0 amide bonds. The van der Waals surface area contributed by atoms with Gasteiger partial charge in [-0.3, -0.25) is 0 Å². The van der Waals surface area contributed by atoms with Crippen molar-refractivity contribution in [3.8, 4) is 17.2 Å². The van der Waals surface area contributed by atoms with Crippen LogP contribution in [0.2, 0.25) is 0 Å². The number of phenols is 2. The van der Waals surface area contributed by atoms with Gasteiger partial charge in [0, 0.05) is 5.39 Å². The molecule has 0 aliphatic rings. The number of para-hydroxylation sites is 1. The molecular formula is C16H11FN2O3. The zero-order valence-corrected chi connectivity index (χ0v) is 11.5. The Bertz CT molecular complexity index is 1020. The summed E-state index contributed by atoms with van der Waals surface area (Å²) in [6.07, 6.45) is 0. The van der Waals surface area contributed by atoms with Crippen molar-refractivity contribution >= 4 is 22.1 Å². The lowest BCUT2D eigenvalue weighted by atomic mass is 10.1. The number of aromatic nitrogens is 2. The van der Waals surface area contributed by atoms with Crippen molar-refractivity contribution in [3.63, 3.8) is 0 Å². The molecule has 0 saturated heterocycles. The maximum absolute atomic E-state index is 14.1. The third-order valence-electron chi connectivity index (χ3n) is 3.66. The quantitative estimate of drug-likeness (QED) is 0.526. The summed E-state index contributed by atoms with van der Waals surface area (Å²) in [5, 5.41) is 24.5. The summed E-state index contributed by atoms with van der Waals surface area (Å²) in [5.74, 6) is -2.33. The van der Waals surface area contributed by atoms with E-state index >= 15 is 0 Å². The Labute approximate surface area is 123 Å². The maximum atomic E-state index is 14.1. The second-order valence-electron chi connectivity index (χ2n) is 5.05. The summed E-state index contributed by atoms with van der Waals surface area (Å²) < 4.78 is 21.3. The summed E-state index contributed by atoms with van der Waals surface area (Å²) in [5.41, 5.74) is 1.67. The Hall–Kier alpha value is -3.02. The van der Waals surface area contributed by atoms with Gasteiger partial charge in [0.15, 0.2) is 17.1 Å². The molecule has 0 unspecified atom stereocenters. The van der Waals surface area contributed by atoms with Crippen LogP contribution in [0.3, 0.4) is 0 Å². The van der Waals surface area contributed by atoms with Crippen LogP contribution in [-0.2, 0) is 0 Å². The molecule has 0 atom stereocenters. The minimum atomic E-state index is -0.981. The molecule has 4 rings (SSSR count). The molecule has 2 heterocycles. The Balaban J connectivity index is 2.15. The van der Waals surface area contributed by atoms with Gasteiger partial charge in [-0.15, -0.1) is 0 Å². The Kier molecular flexibility index (Phi) is 2.45. The molecule has 22 heavy (non-hydrogen) atoms. The predicted molar refractivity (Wildman–Crippen MR) is 78.9 cm³/mol. The van der Waals surface area contributed by atoms with Gasteiger partial charge in [-0.25, -0.2) is 0 Å². The molecule has 0 saturated carbocycles. The molecule has 4 aromatic rings. The molecule has 2 aromatic carbocycles. The second-order valence-corrected chi connectivity index (χ2v) is 5.05. The number of hydrogen-bond donors (Lipinski definition) is 2. The monoisotopic (exact) mass is 298 g/mol. The van der Waals surface area contributed by atoms with E-state index in [-0.39, 0.29) is 5.58 Å². The molecule has 0 aliphatic carbocycles. The van der Waals surface area contributed by atoms with Crippen LogP contribution < -0.4 is 0 Å². The average Bonchev–Trinajstić information content (AvgIpc) is 3.05. The highest BCUT2D eigenvalue weighted by molar-refractivity contribution is 6.07. The molecular weight excluding hydrogens is 287 g/mol. The van der Waals surface area contributed by atoms with Crippen molar-refractivity contribution in [2.24, 2.45) is 0 Å². The van der Waals surface area contributed by atoms with E-state index in [0.717, 1.165) is 5.69 Å². The van der Waals surface area contributed by atoms with Gasteiger partial charge in [-0.1, -0.05) is 18.2 Å². The number of benzene rings is 2. The highest BCUT2D eigenvalue weighted by Crippen LogP contribution is 2.40. The number of phenolic OH excluding ortho intramolecular Hbond substituents is 2. The summed E-state index contributed by atoms with van der Waals surface area (Å²) in [6.45, 7) is 1.78. The lowest BCUT2D eigenvalue weighted by Gasteiger charge is -2.01. The second kappa shape index (κ2) is 4.24. The molecule has 110 valence electrons. The summed E-state index contributed by atoms with van der Waals surface area (Å²) in [7, 11) is 0. The fourth-order valence-electron chi connectivity index (χ4n) is 2.65. The average molecular weight is 298 g/mol. The van der Waals surface area contributed by atoms with Crippen molar-refractivity contribution in [2.45, 2.75) is 6.92 Å². The highest BCUT2D eigenvalue weighted by Gasteiger charge is 2.23.